The van der Waals surface area contributed by atoms with Gasteiger partial charge >= 0.3 is 0 Å². The minimum absolute atomic E-state index is 0.631. The number of methoxy groups -OCH3 is 1. The third kappa shape index (κ3) is 2.14. The summed E-state index contributed by atoms with van der Waals surface area (Å²) < 4.78 is 7.96. The number of aryl methyl sites for hydroxylation is 1. The molecule has 104 valence electrons. The molecule has 1 aromatic carbocycles. The number of ether oxygens (including phenoxy) is 1. The quantitative estimate of drug-likeness (QED) is 0.762. The van der Waals surface area contributed by atoms with E-state index in [0.29, 0.717) is 0 Å². The monoisotopic (exact) mass is 304 g/mol. The third-order valence-electron chi connectivity index (χ3n) is 3.63. The van der Waals surface area contributed by atoms with Gasteiger partial charge in [0.1, 0.15) is 11.9 Å². The van der Waals surface area contributed by atoms with Crippen molar-refractivity contribution in [1.82, 2.24) is 0 Å². The van der Waals surface area contributed by atoms with Gasteiger partial charge in [-0.05, 0) is 42.5 Å². The van der Waals surface area contributed by atoms with Crippen LogP contribution in [0.4, 0.5) is 0 Å². The summed E-state index contributed by atoms with van der Waals surface area (Å²) in [5.41, 5.74) is 3.09. The van der Waals surface area contributed by atoms with Crippen LogP contribution in [0.25, 0.3) is 9.40 Å². The maximum atomic E-state index is 10.7. The highest BCUT2D eigenvalue weighted by Crippen LogP contribution is 2.39. The van der Waals surface area contributed by atoms with Crippen LogP contribution in [-0.2, 0) is 0 Å². The van der Waals surface area contributed by atoms with Crippen LogP contribution < -0.4 is 4.74 Å². The summed E-state index contributed by atoms with van der Waals surface area (Å²) in [7, 11) is 1.66. The molecule has 2 nitrogen and oxygen atoms in total. The van der Waals surface area contributed by atoms with E-state index in [4.69, 9.17) is 4.74 Å². The fraction of sp³-hybridized carbons (Fsp3) is 0.250. The van der Waals surface area contributed by atoms with Crippen molar-refractivity contribution in [1.29, 1.82) is 0 Å². The molecule has 1 unspecified atom stereocenters. The molecule has 0 aliphatic carbocycles. The van der Waals surface area contributed by atoms with Gasteiger partial charge in [0.05, 0.1) is 7.11 Å². The average Bonchev–Trinajstić information content (AvgIpc) is 3.01. The van der Waals surface area contributed by atoms with Crippen molar-refractivity contribution in [3.05, 3.63) is 51.2 Å². The summed E-state index contributed by atoms with van der Waals surface area (Å²) in [6, 6.07) is 8.16. The molecule has 0 aliphatic heterocycles. The number of aliphatic hydroxyl groups is 1. The second kappa shape index (κ2) is 5.20. The van der Waals surface area contributed by atoms with E-state index < -0.39 is 6.10 Å². The minimum atomic E-state index is -0.631. The van der Waals surface area contributed by atoms with Crippen LogP contribution in [0.15, 0.2) is 29.6 Å². The smallest absolute Gasteiger partial charge is 0.128 e. The molecule has 0 radical (unpaired) electrons. The van der Waals surface area contributed by atoms with Gasteiger partial charge < -0.3 is 9.84 Å². The number of hydrogen-bond acceptors (Lipinski definition) is 4. The zero-order valence-electron chi connectivity index (χ0n) is 11.6. The van der Waals surface area contributed by atoms with E-state index in [1.807, 2.05) is 19.1 Å². The van der Waals surface area contributed by atoms with Crippen LogP contribution in [0.3, 0.4) is 0 Å². The molecule has 3 aromatic rings. The lowest BCUT2D eigenvalue weighted by Crippen LogP contribution is -2.03. The van der Waals surface area contributed by atoms with Crippen molar-refractivity contribution in [3.63, 3.8) is 0 Å². The van der Waals surface area contributed by atoms with E-state index >= 15 is 0 Å². The van der Waals surface area contributed by atoms with Gasteiger partial charge in [0.2, 0.25) is 0 Å². The molecule has 20 heavy (non-hydrogen) atoms. The summed E-state index contributed by atoms with van der Waals surface area (Å²) in [5.74, 6) is 0.786. The van der Waals surface area contributed by atoms with Crippen LogP contribution in [0.5, 0.6) is 5.75 Å². The highest BCUT2D eigenvalue weighted by atomic mass is 32.1. The lowest BCUT2D eigenvalue weighted by molar-refractivity contribution is 0.218. The van der Waals surface area contributed by atoms with Gasteiger partial charge in [-0.3, -0.25) is 0 Å². The zero-order valence-corrected chi connectivity index (χ0v) is 13.3. The number of benzene rings is 1. The maximum Gasteiger partial charge on any atom is 0.128 e. The van der Waals surface area contributed by atoms with Gasteiger partial charge in [0.25, 0.3) is 0 Å². The first-order valence-corrected chi connectivity index (χ1v) is 8.10. The molecule has 0 saturated heterocycles. The number of hydrogen-bond donors (Lipinski definition) is 1. The Morgan fingerprint density at radius 3 is 2.65 bits per heavy atom. The Morgan fingerprint density at radius 2 is 1.95 bits per heavy atom. The van der Waals surface area contributed by atoms with E-state index in [0.717, 1.165) is 21.8 Å². The summed E-state index contributed by atoms with van der Waals surface area (Å²) in [6.45, 7) is 4.08. The highest BCUT2D eigenvalue weighted by Gasteiger charge is 2.20. The fourth-order valence-electron chi connectivity index (χ4n) is 2.37. The summed E-state index contributed by atoms with van der Waals surface area (Å²) in [4.78, 5) is 0.966. The first kappa shape index (κ1) is 13.6. The van der Waals surface area contributed by atoms with Crippen molar-refractivity contribution in [2.24, 2.45) is 0 Å². The lowest BCUT2D eigenvalue weighted by atomic mass is 10.00. The predicted octanol–water partition coefficient (Wildman–Crippen LogP) is 4.67. The van der Waals surface area contributed by atoms with Gasteiger partial charge in [-0.2, -0.15) is 0 Å². The van der Waals surface area contributed by atoms with Gasteiger partial charge in [-0.15, -0.1) is 22.7 Å². The molecule has 2 aromatic heterocycles. The first-order chi connectivity index (χ1) is 9.61. The van der Waals surface area contributed by atoms with Gasteiger partial charge in [0.15, 0.2) is 0 Å². The van der Waals surface area contributed by atoms with Crippen LogP contribution in [-0.4, -0.2) is 12.2 Å². The molecular weight excluding hydrogens is 288 g/mol. The van der Waals surface area contributed by atoms with Crippen LogP contribution in [0, 0.1) is 13.8 Å². The normalized spacial score (nSPS) is 12.8. The number of aliphatic hydroxyl groups excluding tert-OH is 1. The molecule has 0 fully saturated rings. The Bertz CT molecular complexity index is 727. The number of rotatable bonds is 3. The Balaban J connectivity index is 2.08. The molecule has 4 heteroatoms. The van der Waals surface area contributed by atoms with Gasteiger partial charge in [0, 0.05) is 19.8 Å². The Hall–Kier alpha value is -1.36. The molecular formula is C16H16O2S2. The minimum Gasteiger partial charge on any atom is -0.496 e. The van der Waals surface area contributed by atoms with Crippen molar-refractivity contribution >= 4 is 32.1 Å². The Kier molecular flexibility index (Phi) is 3.54. The lowest BCUT2D eigenvalue weighted by Gasteiger charge is -2.17. The largest absolute Gasteiger partial charge is 0.496 e. The molecule has 0 aliphatic rings. The Morgan fingerprint density at radius 1 is 1.15 bits per heavy atom. The second-order valence-electron chi connectivity index (χ2n) is 4.83. The van der Waals surface area contributed by atoms with E-state index in [-0.39, 0.29) is 0 Å². The summed E-state index contributed by atoms with van der Waals surface area (Å²) in [5, 5.41) is 12.8. The number of thiophene rings is 2. The molecule has 0 spiro atoms. The maximum absolute atomic E-state index is 10.7. The van der Waals surface area contributed by atoms with Crippen molar-refractivity contribution in [2.45, 2.75) is 20.0 Å². The van der Waals surface area contributed by atoms with Gasteiger partial charge in [-0.1, -0.05) is 12.1 Å². The second-order valence-corrected chi connectivity index (χ2v) is 6.89. The fourth-order valence-corrected chi connectivity index (χ4v) is 4.49. The molecule has 2 heterocycles. The topological polar surface area (TPSA) is 29.5 Å². The third-order valence-corrected chi connectivity index (χ3v) is 5.78. The summed E-state index contributed by atoms with van der Waals surface area (Å²) in [6.07, 6.45) is -0.631. The SMILES string of the molecule is COc1c(C(O)c2cc3sccc3s2)ccc(C)c1C. The van der Waals surface area contributed by atoms with Crippen molar-refractivity contribution in [3.8, 4) is 5.75 Å². The molecule has 3 rings (SSSR count). The molecule has 0 saturated carbocycles. The van der Waals surface area contributed by atoms with Crippen LogP contribution in [0.1, 0.15) is 27.7 Å². The highest BCUT2D eigenvalue weighted by molar-refractivity contribution is 7.26. The van der Waals surface area contributed by atoms with Crippen LogP contribution >= 0.6 is 22.7 Å². The zero-order chi connectivity index (χ0) is 14.3. The Labute approximate surface area is 126 Å². The molecule has 1 atom stereocenters. The molecule has 0 bridgehead atoms. The molecule has 1 N–H and O–H groups in total. The van der Waals surface area contributed by atoms with Crippen LogP contribution in [0.2, 0.25) is 0 Å². The van der Waals surface area contributed by atoms with Crippen molar-refractivity contribution < 1.29 is 9.84 Å². The predicted molar refractivity (Wildman–Crippen MR) is 86.2 cm³/mol. The first-order valence-electron chi connectivity index (χ1n) is 6.41. The standard InChI is InChI=1S/C16H16O2S2/c1-9-4-5-11(16(18-3)10(9)2)15(17)14-8-13-12(20-14)6-7-19-13/h4-8,15,17H,1-3H3. The summed E-state index contributed by atoms with van der Waals surface area (Å²) >= 11 is 3.35. The number of fused-ring (bicyclic) bond motifs is 1. The van der Waals surface area contributed by atoms with Crippen molar-refractivity contribution in [2.75, 3.05) is 7.11 Å². The average molecular weight is 304 g/mol. The molecule has 0 amide bonds. The van der Waals surface area contributed by atoms with E-state index in [1.165, 1.54) is 15.0 Å². The van der Waals surface area contributed by atoms with E-state index in [2.05, 4.69) is 24.4 Å². The van der Waals surface area contributed by atoms with Gasteiger partial charge in [-0.25, -0.2) is 0 Å². The van der Waals surface area contributed by atoms with E-state index in [1.54, 1.807) is 29.8 Å². The van der Waals surface area contributed by atoms with E-state index in [9.17, 15) is 5.11 Å².